The van der Waals surface area contributed by atoms with Crippen molar-refractivity contribution < 1.29 is 14.7 Å². The molecule has 0 fully saturated rings. The average molecular weight is 282 g/mol. The van der Waals surface area contributed by atoms with Crippen LogP contribution in [0.3, 0.4) is 0 Å². The van der Waals surface area contributed by atoms with Crippen LogP contribution in [0.4, 0.5) is 11.4 Å². The number of hydrogen-bond acceptors (Lipinski definition) is 3. The highest BCUT2D eigenvalue weighted by Gasteiger charge is 2.16. The Morgan fingerprint density at radius 1 is 1.14 bits per heavy atom. The van der Waals surface area contributed by atoms with Gasteiger partial charge in [0.05, 0.1) is 11.3 Å². The predicted octanol–water partition coefficient (Wildman–Crippen LogP) is 2.61. The third-order valence-corrected chi connectivity index (χ3v) is 3.49. The first-order valence-electron chi connectivity index (χ1n) is 6.65. The second-order valence-electron chi connectivity index (χ2n) is 4.85. The average Bonchev–Trinajstić information content (AvgIpc) is 2.94. The Morgan fingerprint density at radius 3 is 2.76 bits per heavy atom. The summed E-state index contributed by atoms with van der Waals surface area (Å²) >= 11 is 0. The van der Waals surface area contributed by atoms with Gasteiger partial charge in [0.1, 0.15) is 0 Å². The molecule has 5 heteroatoms. The molecule has 0 atom stereocenters. The molecule has 0 aromatic heterocycles. The SMILES string of the molecule is O=C(Nc1ccccc1C(=O)O)c1ccc2c(c1)NCC2. The summed E-state index contributed by atoms with van der Waals surface area (Å²) < 4.78 is 0. The number of para-hydroxylation sites is 1. The lowest BCUT2D eigenvalue weighted by atomic mass is 10.1. The maximum absolute atomic E-state index is 12.3. The van der Waals surface area contributed by atoms with Gasteiger partial charge in [0, 0.05) is 17.8 Å². The van der Waals surface area contributed by atoms with Crippen molar-refractivity contribution in [2.45, 2.75) is 6.42 Å². The summed E-state index contributed by atoms with van der Waals surface area (Å²) in [5.74, 6) is -1.39. The summed E-state index contributed by atoms with van der Waals surface area (Å²) in [5.41, 5.74) is 3.03. The van der Waals surface area contributed by atoms with E-state index in [2.05, 4.69) is 10.6 Å². The molecule has 0 radical (unpaired) electrons. The molecular weight excluding hydrogens is 268 g/mol. The van der Waals surface area contributed by atoms with Crippen molar-refractivity contribution in [2.75, 3.05) is 17.2 Å². The van der Waals surface area contributed by atoms with Crippen LogP contribution in [0.15, 0.2) is 42.5 Å². The van der Waals surface area contributed by atoms with Crippen LogP contribution in [0.1, 0.15) is 26.3 Å². The highest BCUT2D eigenvalue weighted by molar-refractivity contribution is 6.08. The Labute approximate surface area is 121 Å². The molecule has 3 rings (SSSR count). The normalized spacial score (nSPS) is 12.4. The first kappa shape index (κ1) is 13.2. The molecule has 0 spiro atoms. The molecule has 21 heavy (non-hydrogen) atoms. The molecular formula is C16H14N2O3. The molecule has 5 nitrogen and oxygen atoms in total. The van der Waals surface area contributed by atoms with Gasteiger partial charge in [0.15, 0.2) is 0 Å². The van der Waals surface area contributed by atoms with E-state index in [0.717, 1.165) is 18.7 Å². The van der Waals surface area contributed by atoms with E-state index in [1.165, 1.54) is 11.6 Å². The van der Waals surface area contributed by atoms with Gasteiger partial charge in [-0.25, -0.2) is 4.79 Å². The van der Waals surface area contributed by atoms with Gasteiger partial charge in [-0.2, -0.15) is 0 Å². The molecule has 0 aliphatic carbocycles. The first-order chi connectivity index (χ1) is 10.1. The smallest absolute Gasteiger partial charge is 0.337 e. The van der Waals surface area contributed by atoms with Crippen LogP contribution in [0.25, 0.3) is 0 Å². The molecule has 1 aliphatic rings. The first-order valence-corrected chi connectivity index (χ1v) is 6.65. The number of hydrogen-bond donors (Lipinski definition) is 3. The summed E-state index contributed by atoms with van der Waals surface area (Å²) in [6, 6.07) is 11.8. The number of anilines is 2. The van der Waals surface area contributed by atoms with E-state index in [1.807, 2.05) is 6.07 Å². The molecule has 1 aliphatic heterocycles. The Balaban J connectivity index is 1.85. The zero-order valence-corrected chi connectivity index (χ0v) is 11.2. The molecule has 0 saturated heterocycles. The van der Waals surface area contributed by atoms with E-state index in [1.54, 1.807) is 30.3 Å². The van der Waals surface area contributed by atoms with Crippen LogP contribution in [-0.4, -0.2) is 23.5 Å². The number of carboxylic acid groups (broad SMARTS) is 1. The second kappa shape index (κ2) is 5.28. The summed E-state index contributed by atoms with van der Waals surface area (Å²) in [5, 5.41) is 15.0. The summed E-state index contributed by atoms with van der Waals surface area (Å²) in [7, 11) is 0. The van der Waals surface area contributed by atoms with Crippen molar-refractivity contribution in [3.63, 3.8) is 0 Å². The fraction of sp³-hybridized carbons (Fsp3) is 0.125. The van der Waals surface area contributed by atoms with E-state index in [9.17, 15) is 9.59 Å². The van der Waals surface area contributed by atoms with Gasteiger partial charge in [-0.1, -0.05) is 18.2 Å². The number of nitrogens with one attached hydrogen (secondary N) is 2. The number of aromatic carboxylic acids is 1. The largest absolute Gasteiger partial charge is 0.478 e. The lowest BCUT2D eigenvalue weighted by molar-refractivity contribution is 0.0698. The standard InChI is InChI=1S/C16H14N2O3/c19-15(11-6-5-10-7-8-17-14(10)9-11)18-13-4-2-1-3-12(13)16(20)21/h1-6,9,17H,7-8H2,(H,18,19)(H,20,21). The van der Waals surface area contributed by atoms with Gasteiger partial charge < -0.3 is 15.7 Å². The monoisotopic (exact) mass is 282 g/mol. The van der Waals surface area contributed by atoms with Crippen molar-refractivity contribution in [1.82, 2.24) is 0 Å². The minimum absolute atomic E-state index is 0.0742. The molecule has 0 saturated carbocycles. The Kier molecular flexibility index (Phi) is 3.31. The van der Waals surface area contributed by atoms with E-state index in [-0.39, 0.29) is 11.5 Å². The Hall–Kier alpha value is -2.82. The minimum atomic E-state index is -1.07. The lowest BCUT2D eigenvalue weighted by Crippen LogP contribution is -2.14. The van der Waals surface area contributed by atoms with E-state index < -0.39 is 5.97 Å². The second-order valence-corrected chi connectivity index (χ2v) is 4.85. The fourth-order valence-corrected chi connectivity index (χ4v) is 2.41. The molecule has 0 bridgehead atoms. The molecule has 0 unspecified atom stereocenters. The maximum Gasteiger partial charge on any atom is 0.337 e. The Bertz CT molecular complexity index is 725. The van der Waals surface area contributed by atoms with Crippen molar-refractivity contribution in [3.8, 4) is 0 Å². The van der Waals surface area contributed by atoms with Crippen molar-refractivity contribution in [2.24, 2.45) is 0 Å². The number of benzene rings is 2. The highest BCUT2D eigenvalue weighted by Crippen LogP contribution is 2.24. The maximum atomic E-state index is 12.3. The van der Waals surface area contributed by atoms with Gasteiger partial charge in [0.25, 0.3) is 5.91 Å². The third-order valence-electron chi connectivity index (χ3n) is 3.49. The number of amides is 1. The third kappa shape index (κ3) is 2.58. The molecule has 3 N–H and O–H groups in total. The van der Waals surface area contributed by atoms with Gasteiger partial charge >= 0.3 is 5.97 Å². The molecule has 1 heterocycles. The van der Waals surface area contributed by atoms with Crippen LogP contribution >= 0.6 is 0 Å². The number of carbonyl (C=O) groups is 2. The van der Waals surface area contributed by atoms with Crippen molar-refractivity contribution in [3.05, 3.63) is 59.2 Å². The molecule has 1 amide bonds. The van der Waals surface area contributed by atoms with Crippen molar-refractivity contribution >= 4 is 23.3 Å². The van der Waals surface area contributed by atoms with Gasteiger partial charge in [0.2, 0.25) is 0 Å². The van der Waals surface area contributed by atoms with Crippen LogP contribution in [-0.2, 0) is 6.42 Å². The minimum Gasteiger partial charge on any atom is -0.478 e. The zero-order valence-electron chi connectivity index (χ0n) is 11.2. The van der Waals surface area contributed by atoms with Crippen LogP contribution < -0.4 is 10.6 Å². The Morgan fingerprint density at radius 2 is 1.95 bits per heavy atom. The summed E-state index contributed by atoms with van der Waals surface area (Å²) in [6.45, 7) is 0.877. The van der Waals surface area contributed by atoms with Gasteiger partial charge in [-0.3, -0.25) is 4.79 Å². The van der Waals surface area contributed by atoms with E-state index >= 15 is 0 Å². The number of carbonyl (C=O) groups excluding carboxylic acids is 1. The molecule has 106 valence electrons. The van der Waals surface area contributed by atoms with Crippen LogP contribution in [0, 0.1) is 0 Å². The topological polar surface area (TPSA) is 78.4 Å². The van der Waals surface area contributed by atoms with Crippen LogP contribution in [0.2, 0.25) is 0 Å². The number of carboxylic acids is 1. The van der Waals surface area contributed by atoms with E-state index in [4.69, 9.17) is 5.11 Å². The van der Waals surface area contributed by atoms with Gasteiger partial charge in [-0.05, 0) is 36.2 Å². The fourth-order valence-electron chi connectivity index (χ4n) is 2.41. The van der Waals surface area contributed by atoms with Crippen LogP contribution in [0.5, 0.6) is 0 Å². The highest BCUT2D eigenvalue weighted by atomic mass is 16.4. The summed E-state index contributed by atoms with van der Waals surface area (Å²) in [4.78, 5) is 23.4. The summed E-state index contributed by atoms with van der Waals surface area (Å²) in [6.07, 6.45) is 0.957. The van der Waals surface area contributed by atoms with E-state index in [0.29, 0.717) is 11.3 Å². The molecule has 2 aromatic carbocycles. The zero-order chi connectivity index (χ0) is 14.8. The quantitative estimate of drug-likeness (QED) is 0.808. The van der Waals surface area contributed by atoms with Crippen molar-refractivity contribution in [1.29, 1.82) is 0 Å². The number of fused-ring (bicyclic) bond motifs is 1. The lowest BCUT2D eigenvalue weighted by Gasteiger charge is -2.09. The predicted molar refractivity (Wildman–Crippen MR) is 80.0 cm³/mol. The number of rotatable bonds is 3. The molecule has 2 aromatic rings. The van der Waals surface area contributed by atoms with Gasteiger partial charge in [-0.15, -0.1) is 0 Å².